The van der Waals surface area contributed by atoms with Gasteiger partial charge in [0.2, 0.25) is 0 Å². The molecule has 0 spiro atoms. The number of carbonyl (C=O) groups is 2. The summed E-state index contributed by atoms with van der Waals surface area (Å²) in [4.78, 5) is 43.0. The lowest BCUT2D eigenvalue weighted by Crippen LogP contribution is -2.29. The normalized spacial score (nSPS) is 12.4. The Bertz CT molecular complexity index is 861. The molecule has 0 aromatic rings. The molecule has 0 amide bonds. The van der Waals surface area contributed by atoms with Crippen molar-refractivity contribution in [3.05, 3.63) is 0 Å². The number of ether oxygens (including phenoxy) is 2. The van der Waals surface area contributed by atoms with E-state index < -0.39 is 32.5 Å². The number of rotatable bonds is 43. The van der Waals surface area contributed by atoms with Crippen molar-refractivity contribution in [2.45, 2.75) is 258 Å². The van der Waals surface area contributed by atoms with Gasteiger partial charge >= 0.3 is 19.8 Å². The maximum Gasteiger partial charge on any atom is 0.469 e. The van der Waals surface area contributed by atoms with Gasteiger partial charge < -0.3 is 19.3 Å². The van der Waals surface area contributed by atoms with Gasteiger partial charge in [0.05, 0.1) is 6.61 Å². The van der Waals surface area contributed by atoms with Crippen LogP contribution in [0.2, 0.25) is 0 Å². The molecule has 0 aliphatic rings. The summed E-state index contributed by atoms with van der Waals surface area (Å²) in [5.41, 5.74) is 0. The third kappa shape index (κ3) is 43.8. The molecule has 0 saturated carbocycles. The van der Waals surface area contributed by atoms with Crippen LogP contribution < -0.4 is 0 Å². The predicted molar refractivity (Wildman–Crippen MR) is 226 cm³/mol. The molecule has 0 unspecified atom stereocenters. The highest BCUT2D eigenvalue weighted by molar-refractivity contribution is 7.46. The highest BCUT2D eigenvalue weighted by atomic mass is 31.2. The fraction of sp³-hybridized carbons (Fsp3) is 0.956. The van der Waals surface area contributed by atoms with Crippen molar-refractivity contribution in [3.63, 3.8) is 0 Å². The fourth-order valence-electron chi connectivity index (χ4n) is 7.09. The number of hydrogen-bond donors (Lipinski definition) is 2. The molecular formula is C45H89O8P. The quantitative estimate of drug-likeness (QED) is 0.0356. The maximum atomic E-state index is 12.4. The van der Waals surface area contributed by atoms with E-state index in [-0.39, 0.29) is 19.4 Å². The van der Waals surface area contributed by atoms with E-state index in [0.717, 1.165) is 38.0 Å². The zero-order chi connectivity index (χ0) is 39.8. The molecule has 0 aliphatic heterocycles. The van der Waals surface area contributed by atoms with Crippen molar-refractivity contribution in [1.29, 1.82) is 0 Å². The van der Waals surface area contributed by atoms with Crippen molar-refractivity contribution in [1.82, 2.24) is 0 Å². The van der Waals surface area contributed by atoms with Crippen molar-refractivity contribution in [3.8, 4) is 0 Å². The van der Waals surface area contributed by atoms with Gasteiger partial charge in [-0.2, -0.15) is 0 Å². The topological polar surface area (TPSA) is 119 Å². The molecule has 0 radical (unpaired) electrons. The minimum absolute atomic E-state index is 0.220. The standard InChI is InChI=1S/C45H89O8P/c1-4-5-6-7-8-9-10-11-12-13-14-17-21-24-27-30-33-36-39-45(47)53-43(41-52-54(48,49)50)40-51-44(46)38-35-32-29-26-23-20-18-15-16-19-22-25-28-31-34-37-42(2)3/h42-43H,4-41H2,1-3H3,(H2,48,49,50)/t43-/m1/s1. The summed E-state index contributed by atoms with van der Waals surface area (Å²) in [6.45, 7) is 6.08. The van der Waals surface area contributed by atoms with Crippen LogP contribution in [0.4, 0.5) is 0 Å². The lowest BCUT2D eigenvalue weighted by Gasteiger charge is -2.18. The first-order valence-corrected chi connectivity index (χ1v) is 24.7. The van der Waals surface area contributed by atoms with Crippen LogP contribution in [-0.2, 0) is 28.2 Å². The molecule has 8 nitrogen and oxygen atoms in total. The van der Waals surface area contributed by atoms with E-state index in [9.17, 15) is 14.2 Å². The number of carbonyl (C=O) groups excluding carboxylic acids is 2. The van der Waals surface area contributed by atoms with E-state index in [0.29, 0.717) is 6.42 Å². The first kappa shape index (κ1) is 53.0. The van der Waals surface area contributed by atoms with Gasteiger partial charge in [0.25, 0.3) is 0 Å². The molecule has 0 aliphatic carbocycles. The number of hydrogen-bond acceptors (Lipinski definition) is 6. The zero-order valence-corrected chi connectivity index (χ0v) is 36.7. The van der Waals surface area contributed by atoms with Crippen molar-refractivity contribution in [2.75, 3.05) is 13.2 Å². The molecular weight excluding hydrogens is 699 g/mol. The monoisotopic (exact) mass is 789 g/mol. The number of phosphoric ester groups is 1. The van der Waals surface area contributed by atoms with Crippen molar-refractivity contribution >= 4 is 19.8 Å². The highest BCUT2D eigenvalue weighted by Gasteiger charge is 2.23. The summed E-state index contributed by atoms with van der Waals surface area (Å²) in [7, 11) is -4.75. The molecule has 9 heteroatoms. The Kier molecular flexibility index (Phi) is 39.5. The van der Waals surface area contributed by atoms with E-state index in [1.807, 2.05) is 0 Å². The molecule has 0 aromatic heterocycles. The lowest BCUT2D eigenvalue weighted by atomic mass is 10.0. The molecule has 1 atom stereocenters. The van der Waals surface area contributed by atoms with E-state index in [4.69, 9.17) is 19.3 Å². The molecule has 322 valence electrons. The number of phosphoric acid groups is 1. The van der Waals surface area contributed by atoms with Crippen LogP contribution in [-0.4, -0.2) is 41.0 Å². The molecule has 0 rings (SSSR count). The largest absolute Gasteiger partial charge is 0.469 e. The predicted octanol–water partition coefficient (Wildman–Crippen LogP) is 14.3. The second kappa shape index (κ2) is 40.3. The SMILES string of the molecule is CCCCCCCCCCCCCCCCCCCCC(=O)O[C@H](COC(=O)CCCCCCCCCCCCCCCCCC(C)C)COP(=O)(O)O. The molecule has 2 N–H and O–H groups in total. The first-order chi connectivity index (χ1) is 26.1. The second-order valence-corrected chi connectivity index (χ2v) is 17.8. The zero-order valence-electron chi connectivity index (χ0n) is 35.8. The highest BCUT2D eigenvalue weighted by Crippen LogP contribution is 2.36. The second-order valence-electron chi connectivity index (χ2n) is 16.6. The molecule has 0 aromatic carbocycles. The van der Waals surface area contributed by atoms with Gasteiger partial charge in [-0.3, -0.25) is 14.1 Å². The number of unbranched alkanes of at least 4 members (excludes halogenated alkanes) is 31. The average Bonchev–Trinajstić information content (AvgIpc) is 3.13. The van der Waals surface area contributed by atoms with Crippen LogP contribution in [0.1, 0.15) is 252 Å². The fourth-order valence-corrected chi connectivity index (χ4v) is 7.45. The summed E-state index contributed by atoms with van der Waals surface area (Å²) < 4.78 is 26.5. The van der Waals surface area contributed by atoms with Gasteiger partial charge in [-0.25, -0.2) is 4.57 Å². The van der Waals surface area contributed by atoms with Gasteiger partial charge in [0, 0.05) is 12.8 Å². The third-order valence-corrected chi connectivity index (χ3v) is 11.0. The Morgan fingerprint density at radius 1 is 0.463 bits per heavy atom. The molecule has 0 heterocycles. The minimum Gasteiger partial charge on any atom is -0.462 e. The van der Waals surface area contributed by atoms with Crippen molar-refractivity contribution < 1.29 is 37.9 Å². The van der Waals surface area contributed by atoms with Gasteiger partial charge in [-0.05, 0) is 18.8 Å². The van der Waals surface area contributed by atoms with Gasteiger partial charge in [-0.1, -0.05) is 226 Å². The van der Waals surface area contributed by atoms with Crippen LogP contribution in [0, 0.1) is 5.92 Å². The van der Waals surface area contributed by atoms with Crippen LogP contribution in [0.3, 0.4) is 0 Å². The molecule has 0 bridgehead atoms. The molecule has 54 heavy (non-hydrogen) atoms. The lowest BCUT2D eigenvalue weighted by molar-refractivity contribution is -0.161. The number of esters is 2. The molecule has 0 saturated heterocycles. The van der Waals surface area contributed by atoms with Crippen LogP contribution in [0.25, 0.3) is 0 Å². The Hall–Kier alpha value is -0.950. The Morgan fingerprint density at radius 3 is 1.11 bits per heavy atom. The Morgan fingerprint density at radius 2 is 0.778 bits per heavy atom. The first-order valence-electron chi connectivity index (χ1n) is 23.2. The van der Waals surface area contributed by atoms with Gasteiger partial charge in [-0.15, -0.1) is 0 Å². The minimum atomic E-state index is -4.75. The van der Waals surface area contributed by atoms with Crippen molar-refractivity contribution in [2.24, 2.45) is 5.92 Å². The Balaban J connectivity index is 3.81. The van der Waals surface area contributed by atoms with E-state index in [1.165, 1.54) is 180 Å². The summed E-state index contributed by atoms with van der Waals surface area (Å²) in [6.07, 6.45) is 42.6. The van der Waals surface area contributed by atoms with Crippen LogP contribution >= 0.6 is 7.82 Å². The maximum absolute atomic E-state index is 12.4. The summed E-state index contributed by atoms with van der Waals surface area (Å²) in [6, 6.07) is 0. The third-order valence-electron chi connectivity index (χ3n) is 10.6. The van der Waals surface area contributed by atoms with Gasteiger partial charge in [0.1, 0.15) is 6.61 Å². The summed E-state index contributed by atoms with van der Waals surface area (Å²) in [5, 5.41) is 0. The summed E-state index contributed by atoms with van der Waals surface area (Å²) >= 11 is 0. The van der Waals surface area contributed by atoms with Crippen LogP contribution in [0.5, 0.6) is 0 Å². The van der Waals surface area contributed by atoms with Crippen LogP contribution in [0.15, 0.2) is 0 Å². The van der Waals surface area contributed by atoms with E-state index >= 15 is 0 Å². The van der Waals surface area contributed by atoms with Gasteiger partial charge in [0.15, 0.2) is 6.10 Å². The Labute approximate surface area is 334 Å². The molecule has 0 fully saturated rings. The van der Waals surface area contributed by atoms with E-state index in [2.05, 4.69) is 25.3 Å². The summed E-state index contributed by atoms with van der Waals surface area (Å²) in [5.74, 6) is -0.0266. The van der Waals surface area contributed by atoms with E-state index in [1.54, 1.807) is 0 Å². The average molecular weight is 789 g/mol. The smallest absolute Gasteiger partial charge is 0.462 e.